The molecule has 0 saturated heterocycles. The summed E-state index contributed by atoms with van der Waals surface area (Å²) >= 11 is 0. The number of hydrogen-bond donors (Lipinski definition) is 0. The van der Waals surface area contributed by atoms with Crippen LogP contribution in [0.25, 0.3) is 0 Å². The molecule has 18 heavy (non-hydrogen) atoms. The van der Waals surface area contributed by atoms with Crippen molar-refractivity contribution in [1.82, 2.24) is 0 Å². The smallest absolute Gasteiger partial charge is 0.338 e. The number of carbonyl (C=O) groups excluding carboxylic acids is 1. The SMILES string of the molecule is [CH2]CCCCCCCc1ccccc1C(=O)OC. The Hall–Kier alpha value is -1.31. The molecule has 1 aromatic carbocycles. The predicted octanol–water partition coefficient (Wildman–Crippen LogP) is 4.19. The van der Waals surface area contributed by atoms with Crippen molar-refractivity contribution >= 4 is 5.97 Å². The summed E-state index contributed by atoms with van der Waals surface area (Å²) in [4.78, 5) is 11.6. The Balaban J connectivity index is 2.39. The molecule has 0 aromatic heterocycles. The number of hydrogen-bond acceptors (Lipinski definition) is 2. The Kier molecular flexibility index (Phi) is 7.16. The number of unbranched alkanes of at least 4 members (excludes halogenated alkanes) is 5. The summed E-state index contributed by atoms with van der Waals surface area (Å²) in [7, 11) is 1.43. The summed E-state index contributed by atoms with van der Waals surface area (Å²) in [5.74, 6) is -0.234. The van der Waals surface area contributed by atoms with Gasteiger partial charge in [0.15, 0.2) is 0 Å². The lowest BCUT2D eigenvalue weighted by Crippen LogP contribution is -2.05. The quantitative estimate of drug-likeness (QED) is 0.508. The van der Waals surface area contributed by atoms with Crippen LogP contribution >= 0.6 is 0 Å². The first kappa shape index (κ1) is 14.7. The number of benzene rings is 1. The Bertz CT molecular complexity index is 358. The standard InChI is InChI=1S/C16H23O2/c1-3-4-5-6-7-8-11-14-12-9-10-13-15(14)16(17)18-2/h9-10,12-13H,1,3-8,11H2,2H3. The molecular weight excluding hydrogens is 224 g/mol. The number of aryl methyl sites for hydroxylation is 1. The van der Waals surface area contributed by atoms with E-state index in [0.29, 0.717) is 5.56 Å². The molecule has 0 unspecified atom stereocenters. The fourth-order valence-electron chi connectivity index (χ4n) is 2.07. The molecule has 0 aliphatic rings. The second kappa shape index (κ2) is 8.73. The van der Waals surface area contributed by atoms with E-state index in [2.05, 4.69) is 6.92 Å². The molecule has 0 amide bonds. The third-order valence-electron chi connectivity index (χ3n) is 3.12. The van der Waals surface area contributed by atoms with Crippen LogP contribution < -0.4 is 0 Å². The maximum absolute atomic E-state index is 11.6. The van der Waals surface area contributed by atoms with E-state index in [9.17, 15) is 4.79 Å². The third-order valence-corrected chi connectivity index (χ3v) is 3.12. The van der Waals surface area contributed by atoms with Crippen molar-refractivity contribution in [3.63, 3.8) is 0 Å². The largest absolute Gasteiger partial charge is 0.465 e. The minimum absolute atomic E-state index is 0.234. The van der Waals surface area contributed by atoms with Gasteiger partial charge in [0, 0.05) is 0 Å². The molecule has 0 spiro atoms. The molecule has 0 bridgehead atoms. The lowest BCUT2D eigenvalue weighted by molar-refractivity contribution is 0.0599. The average Bonchev–Trinajstić information content (AvgIpc) is 2.42. The number of esters is 1. The second-order valence-electron chi connectivity index (χ2n) is 4.52. The highest BCUT2D eigenvalue weighted by atomic mass is 16.5. The summed E-state index contributed by atoms with van der Waals surface area (Å²) in [6.07, 6.45) is 8.08. The number of rotatable bonds is 8. The molecule has 0 aliphatic heterocycles. The lowest BCUT2D eigenvalue weighted by atomic mass is 10.0. The zero-order valence-electron chi connectivity index (χ0n) is 11.3. The lowest BCUT2D eigenvalue weighted by Gasteiger charge is -2.07. The van der Waals surface area contributed by atoms with E-state index in [1.807, 2.05) is 24.3 Å². The highest BCUT2D eigenvalue weighted by Crippen LogP contribution is 2.14. The van der Waals surface area contributed by atoms with Crippen molar-refractivity contribution in [2.75, 3.05) is 7.11 Å². The molecule has 0 aliphatic carbocycles. The Morgan fingerprint density at radius 2 is 1.78 bits per heavy atom. The summed E-state index contributed by atoms with van der Waals surface area (Å²) in [6, 6.07) is 7.71. The Morgan fingerprint density at radius 1 is 1.11 bits per heavy atom. The van der Waals surface area contributed by atoms with Gasteiger partial charge in [0.25, 0.3) is 0 Å². The second-order valence-corrected chi connectivity index (χ2v) is 4.52. The highest BCUT2D eigenvalue weighted by Gasteiger charge is 2.09. The van der Waals surface area contributed by atoms with Crippen molar-refractivity contribution in [2.24, 2.45) is 0 Å². The van der Waals surface area contributed by atoms with Gasteiger partial charge in [-0.25, -0.2) is 4.79 Å². The zero-order valence-corrected chi connectivity index (χ0v) is 11.3. The molecule has 0 heterocycles. The monoisotopic (exact) mass is 247 g/mol. The van der Waals surface area contributed by atoms with Crippen LogP contribution in [0.3, 0.4) is 0 Å². The Labute approximate surface area is 110 Å². The van der Waals surface area contributed by atoms with Crippen LogP contribution in [0.1, 0.15) is 54.4 Å². The van der Waals surface area contributed by atoms with Crippen molar-refractivity contribution in [3.8, 4) is 0 Å². The van der Waals surface area contributed by atoms with Gasteiger partial charge in [-0.3, -0.25) is 0 Å². The first-order valence-corrected chi connectivity index (χ1v) is 6.75. The van der Waals surface area contributed by atoms with Gasteiger partial charge in [0.2, 0.25) is 0 Å². The van der Waals surface area contributed by atoms with Gasteiger partial charge >= 0.3 is 5.97 Å². The van der Waals surface area contributed by atoms with Gasteiger partial charge < -0.3 is 4.74 Å². The maximum Gasteiger partial charge on any atom is 0.338 e. The molecular formula is C16H23O2. The fraction of sp³-hybridized carbons (Fsp3) is 0.500. The normalized spacial score (nSPS) is 10.3. The van der Waals surface area contributed by atoms with Crippen LogP contribution in [0.5, 0.6) is 0 Å². The average molecular weight is 247 g/mol. The van der Waals surface area contributed by atoms with Gasteiger partial charge in [-0.2, -0.15) is 0 Å². The van der Waals surface area contributed by atoms with Crippen LogP contribution in [0.2, 0.25) is 0 Å². The first-order valence-electron chi connectivity index (χ1n) is 6.75. The van der Waals surface area contributed by atoms with E-state index >= 15 is 0 Å². The maximum atomic E-state index is 11.6. The van der Waals surface area contributed by atoms with Crippen LogP contribution in [-0.2, 0) is 11.2 Å². The van der Waals surface area contributed by atoms with Crippen molar-refractivity contribution < 1.29 is 9.53 Å². The number of carbonyl (C=O) groups is 1. The third kappa shape index (κ3) is 4.91. The molecule has 1 rings (SSSR count). The molecule has 2 heteroatoms. The van der Waals surface area contributed by atoms with E-state index in [-0.39, 0.29) is 5.97 Å². The van der Waals surface area contributed by atoms with E-state index in [0.717, 1.165) is 24.8 Å². The van der Waals surface area contributed by atoms with Crippen LogP contribution in [0.4, 0.5) is 0 Å². The summed E-state index contributed by atoms with van der Waals surface area (Å²) in [5, 5.41) is 0. The fourth-order valence-corrected chi connectivity index (χ4v) is 2.07. The van der Waals surface area contributed by atoms with E-state index < -0.39 is 0 Å². The van der Waals surface area contributed by atoms with E-state index in [1.165, 1.54) is 32.8 Å². The topological polar surface area (TPSA) is 26.3 Å². The molecule has 0 N–H and O–H groups in total. The van der Waals surface area contributed by atoms with Crippen LogP contribution in [0, 0.1) is 6.92 Å². The summed E-state index contributed by atoms with van der Waals surface area (Å²) in [5.41, 5.74) is 1.80. The van der Waals surface area contributed by atoms with Crippen molar-refractivity contribution in [3.05, 3.63) is 42.3 Å². The van der Waals surface area contributed by atoms with Gasteiger partial charge in [-0.1, -0.05) is 57.2 Å². The summed E-state index contributed by atoms with van der Waals surface area (Å²) in [6.45, 7) is 3.84. The predicted molar refractivity (Wildman–Crippen MR) is 74.5 cm³/mol. The Morgan fingerprint density at radius 3 is 2.50 bits per heavy atom. The highest BCUT2D eigenvalue weighted by molar-refractivity contribution is 5.90. The molecule has 99 valence electrons. The summed E-state index contributed by atoms with van der Waals surface area (Å²) < 4.78 is 4.79. The van der Waals surface area contributed by atoms with E-state index in [4.69, 9.17) is 4.74 Å². The molecule has 2 nitrogen and oxygen atoms in total. The molecule has 0 atom stereocenters. The van der Waals surface area contributed by atoms with Gasteiger partial charge in [-0.05, 0) is 24.5 Å². The van der Waals surface area contributed by atoms with Crippen molar-refractivity contribution in [2.45, 2.75) is 44.9 Å². The first-order chi connectivity index (χ1) is 8.79. The molecule has 1 radical (unpaired) electrons. The van der Waals surface area contributed by atoms with Gasteiger partial charge in [0.05, 0.1) is 12.7 Å². The number of methoxy groups -OCH3 is 1. The van der Waals surface area contributed by atoms with Gasteiger partial charge in [-0.15, -0.1) is 0 Å². The minimum Gasteiger partial charge on any atom is -0.465 e. The van der Waals surface area contributed by atoms with Gasteiger partial charge in [0.1, 0.15) is 0 Å². The van der Waals surface area contributed by atoms with Crippen molar-refractivity contribution in [1.29, 1.82) is 0 Å². The van der Waals surface area contributed by atoms with E-state index in [1.54, 1.807) is 0 Å². The minimum atomic E-state index is -0.234. The molecule has 0 saturated carbocycles. The zero-order chi connectivity index (χ0) is 13.2. The van der Waals surface area contributed by atoms with Crippen LogP contribution in [-0.4, -0.2) is 13.1 Å². The molecule has 1 aromatic rings. The number of ether oxygens (including phenoxy) is 1. The van der Waals surface area contributed by atoms with Crippen LogP contribution in [0.15, 0.2) is 24.3 Å². The molecule has 0 fully saturated rings.